The number of hydrogen-bond acceptors (Lipinski definition) is 1. The van der Waals surface area contributed by atoms with E-state index >= 15 is 0 Å². The lowest BCUT2D eigenvalue weighted by Crippen LogP contribution is -2.32. The number of hydrogen-bond donors (Lipinski definition) is 0. The summed E-state index contributed by atoms with van der Waals surface area (Å²) >= 11 is 0. The molecule has 2 rings (SSSR count). The number of amides is 1. The third kappa shape index (κ3) is 1.94. The van der Waals surface area contributed by atoms with Crippen molar-refractivity contribution < 1.29 is 4.79 Å². The van der Waals surface area contributed by atoms with Crippen LogP contribution in [0.4, 0.5) is 0 Å². The van der Waals surface area contributed by atoms with Gasteiger partial charge in [-0.3, -0.25) is 4.79 Å². The third-order valence-electron chi connectivity index (χ3n) is 3.65. The summed E-state index contributed by atoms with van der Waals surface area (Å²) < 4.78 is 0. The Bertz CT molecular complexity index is 237. The second-order valence-electron chi connectivity index (χ2n) is 5.91. The van der Waals surface area contributed by atoms with Crippen LogP contribution in [0.15, 0.2) is 0 Å². The van der Waals surface area contributed by atoms with Gasteiger partial charge in [0.05, 0.1) is 0 Å². The van der Waals surface area contributed by atoms with Crippen LogP contribution in [0.5, 0.6) is 0 Å². The van der Waals surface area contributed by atoms with Crippen LogP contribution in [0.3, 0.4) is 0 Å². The van der Waals surface area contributed by atoms with Gasteiger partial charge >= 0.3 is 0 Å². The molecule has 1 amide bonds. The van der Waals surface area contributed by atoms with Crippen LogP contribution in [-0.2, 0) is 4.79 Å². The molecule has 0 bridgehead atoms. The SMILES string of the molecule is CC(C)(C)C1CCN(C(=O)C2CC2)C1. The summed E-state index contributed by atoms with van der Waals surface area (Å²) in [4.78, 5) is 13.9. The molecule has 1 aliphatic heterocycles. The standard InChI is InChI=1S/C12H21NO/c1-12(2,3)10-6-7-13(8-10)11(14)9-4-5-9/h9-10H,4-8H2,1-3H3. The molecule has 1 saturated carbocycles. The highest BCUT2D eigenvalue weighted by molar-refractivity contribution is 5.81. The smallest absolute Gasteiger partial charge is 0.225 e. The van der Waals surface area contributed by atoms with E-state index < -0.39 is 0 Å². The Morgan fingerprint density at radius 3 is 2.29 bits per heavy atom. The average Bonchev–Trinajstić information content (AvgIpc) is 2.79. The predicted molar refractivity (Wildman–Crippen MR) is 56.9 cm³/mol. The highest BCUT2D eigenvalue weighted by Crippen LogP contribution is 2.37. The second kappa shape index (κ2) is 3.25. The van der Waals surface area contributed by atoms with Gasteiger partial charge in [0.25, 0.3) is 0 Å². The fraction of sp³-hybridized carbons (Fsp3) is 0.917. The minimum absolute atomic E-state index is 0.360. The molecule has 0 aromatic heterocycles. The van der Waals surface area contributed by atoms with Crippen molar-refractivity contribution in [3.8, 4) is 0 Å². The third-order valence-corrected chi connectivity index (χ3v) is 3.65. The summed E-state index contributed by atoms with van der Waals surface area (Å²) in [5.74, 6) is 1.52. The second-order valence-corrected chi connectivity index (χ2v) is 5.91. The molecule has 0 aromatic rings. The molecule has 0 spiro atoms. The highest BCUT2D eigenvalue weighted by atomic mass is 16.2. The molecule has 14 heavy (non-hydrogen) atoms. The van der Waals surface area contributed by atoms with E-state index in [2.05, 4.69) is 25.7 Å². The lowest BCUT2D eigenvalue weighted by molar-refractivity contribution is -0.131. The molecule has 1 saturated heterocycles. The topological polar surface area (TPSA) is 20.3 Å². The summed E-state index contributed by atoms with van der Waals surface area (Å²) in [6, 6.07) is 0. The molecular weight excluding hydrogens is 174 g/mol. The maximum Gasteiger partial charge on any atom is 0.225 e. The van der Waals surface area contributed by atoms with Crippen LogP contribution < -0.4 is 0 Å². The van der Waals surface area contributed by atoms with Crippen molar-refractivity contribution in [3.63, 3.8) is 0 Å². The highest BCUT2D eigenvalue weighted by Gasteiger charge is 2.39. The van der Waals surface area contributed by atoms with E-state index in [-0.39, 0.29) is 0 Å². The Morgan fingerprint density at radius 1 is 1.21 bits per heavy atom. The zero-order valence-corrected chi connectivity index (χ0v) is 9.55. The average molecular weight is 195 g/mol. The number of carbonyl (C=O) groups is 1. The molecule has 0 aromatic carbocycles. The van der Waals surface area contributed by atoms with Gasteiger partial charge in [-0.05, 0) is 30.6 Å². The minimum atomic E-state index is 0.360. The summed E-state index contributed by atoms with van der Waals surface area (Å²) in [7, 11) is 0. The molecule has 80 valence electrons. The molecule has 2 nitrogen and oxygen atoms in total. The molecule has 0 radical (unpaired) electrons. The molecule has 2 fully saturated rings. The van der Waals surface area contributed by atoms with Crippen LogP contribution in [-0.4, -0.2) is 23.9 Å². The van der Waals surface area contributed by atoms with E-state index in [1.165, 1.54) is 6.42 Å². The molecular formula is C12H21NO. The van der Waals surface area contributed by atoms with Crippen molar-refractivity contribution in [1.82, 2.24) is 4.90 Å². The van der Waals surface area contributed by atoms with Crippen LogP contribution in [0.2, 0.25) is 0 Å². The predicted octanol–water partition coefficient (Wildman–Crippen LogP) is 2.29. The first-order valence-electron chi connectivity index (χ1n) is 5.77. The van der Waals surface area contributed by atoms with Gasteiger partial charge in [0.1, 0.15) is 0 Å². The zero-order valence-electron chi connectivity index (χ0n) is 9.55. The van der Waals surface area contributed by atoms with Crippen molar-refractivity contribution in [1.29, 1.82) is 0 Å². The van der Waals surface area contributed by atoms with Gasteiger partial charge in [0.15, 0.2) is 0 Å². The summed E-state index contributed by atoms with van der Waals surface area (Å²) in [6.45, 7) is 8.84. The number of carbonyl (C=O) groups excluding carboxylic acids is 1. The summed E-state index contributed by atoms with van der Waals surface area (Å²) in [6.07, 6.45) is 3.47. The zero-order chi connectivity index (χ0) is 10.3. The van der Waals surface area contributed by atoms with Gasteiger partial charge in [0, 0.05) is 19.0 Å². The molecule has 0 N–H and O–H groups in total. The van der Waals surface area contributed by atoms with Crippen molar-refractivity contribution in [2.24, 2.45) is 17.3 Å². The lowest BCUT2D eigenvalue weighted by Gasteiger charge is -2.27. The first-order chi connectivity index (χ1) is 6.48. The molecule has 1 atom stereocenters. The lowest BCUT2D eigenvalue weighted by atomic mass is 9.80. The van der Waals surface area contributed by atoms with Gasteiger partial charge in [-0.15, -0.1) is 0 Å². The van der Waals surface area contributed by atoms with E-state index in [1.807, 2.05) is 0 Å². The first-order valence-corrected chi connectivity index (χ1v) is 5.77. The summed E-state index contributed by atoms with van der Waals surface area (Å²) in [5, 5.41) is 0. The largest absolute Gasteiger partial charge is 0.342 e. The van der Waals surface area contributed by atoms with Crippen LogP contribution in [0, 0.1) is 17.3 Å². The normalized spacial score (nSPS) is 28.2. The van der Waals surface area contributed by atoms with E-state index in [0.29, 0.717) is 23.2 Å². The molecule has 2 aliphatic rings. The molecule has 1 unspecified atom stereocenters. The maximum absolute atomic E-state index is 11.8. The van der Waals surface area contributed by atoms with E-state index in [4.69, 9.17) is 0 Å². The number of rotatable bonds is 1. The minimum Gasteiger partial charge on any atom is -0.342 e. The summed E-state index contributed by atoms with van der Waals surface area (Å²) in [5.41, 5.74) is 0.360. The first kappa shape index (κ1) is 10.0. The monoisotopic (exact) mass is 195 g/mol. The van der Waals surface area contributed by atoms with Crippen molar-refractivity contribution in [2.75, 3.05) is 13.1 Å². The van der Waals surface area contributed by atoms with E-state index in [9.17, 15) is 4.79 Å². The van der Waals surface area contributed by atoms with Crippen LogP contribution >= 0.6 is 0 Å². The maximum atomic E-state index is 11.8. The van der Waals surface area contributed by atoms with Crippen molar-refractivity contribution >= 4 is 5.91 Å². The van der Waals surface area contributed by atoms with Gasteiger partial charge in [-0.1, -0.05) is 20.8 Å². The number of nitrogens with zero attached hydrogens (tertiary/aromatic N) is 1. The Labute approximate surface area is 86.7 Å². The van der Waals surface area contributed by atoms with Gasteiger partial charge in [-0.25, -0.2) is 0 Å². The van der Waals surface area contributed by atoms with Gasteiger partial charge in [-0.2, -0.15) is 0 Å². The van der Waals surface area contributed by atoms with Crippen LogP contribution in [0.1, 0.15) is 40.0 Å². The van der Waals surface area contributed by atoms with E-state index in [0.717, 1.165) is 25.9 Å². The molecule has 1 heterocycles. The Hall–Kier alpha value is -0.530. The van der Waals surface area contributed by atoms with Gasteiger partial charge in [0.2, 0.25) is 5.91 Å². The quantitative estimate of drug-likeness (QED) is 0.628. The van der Waals surface area contributed by atoms with Gasteiger partial charge < -0.3 is 4.90 Å². The Kier molecular flexibility index (Phi) is 2.32. The van der Waals surface area contributed by atoms with Crippen LogP contribution in [0.25, 0.3) is 0 Å². The van der Waals surface area contributed by atoms with Crippen molar-refractivity contribution in [3.05, 3.63) is 0 Å². The molecule has 1 aliphatic carbocycles. The van der Waals surface area contributed by atoms with Crippen molar-refractivity contribution in [2.45, 2.75) is 40.0 Å². The Balaban J connectivity index is 1.91. The van der Waals surface area contributed by atoms with E-state index in [1.54, 1.807) is 0 Å². The molecule has 2 heteroatoms. The Morgan fingerprint density at radius 2 is 1.86 bits per heavy atom. The fourth-order valence-corrected chi connectivity index (χ4v) is 2.26. The fourth-order valence-electron chi connectivity index (χ4n) is 2.26. The number of likely N-dealkylation sites (tertiary alicyclic amines) is 1.